The standard InChI is InChI=1S/C40H78O5/c1-3-5-7-9-11-13-15-17-19-21-23-25-27-29-31-33-39(42)44-36-37-45-40(43)38(34-35-41)32-30-28-26-24-22-20-18-16-14-12-10-8-6-4-2/h38,41H,3-37H2,1-2H3. The molecule has 0 radical (unpaired) electrons. The van der Waals surface area contributed by atoms with Gasteiger partial charge in [-0.05, 0) is 19.3 Å². The zero-order valence-electron chi connectivity index (χ0n) is 30.4. The van der Waals surface area contributed by atoms with E-state index in [1.165, 1.54) is 161 Å². The predicted octanol–water partition coefficient (Wildman–Crippen LogP) is 12.2. The van der Waals surface area contributed by atoms with Crippen LogP contribution in [0.4, 0.5) is 0 Å². The molecule has 5 nitrogen and oxygen atoms in total. The smallest absolute Gasteiger partial charge is 0.309 e. The molecule has 1 unspecified atom stereocenters. The molecule has 45 heavy (non-hydrogen) atoms. The van der Waals surface area contributed by atoms with Crippen molar-refractivity contribution in [3.63, 3.8) is 0 Å². The average molecular weight is 639 g/mol. The Kier molecular flexibility index (Phi) is 36.4. The summed E-state index contributed by atoms with van der Waals surface area (Å²) in [7, 11) is 0. The number of hydrogen-bond acceptors (Lipinski definition) is 5. The first kappa shape index (κ1) is 43.9. The summed E-state index contributed by atoms with van der Waals surface area (Å²) < 4.78 is 10.7. The second-order valence-corrected chi connectivity index (χ2v) is 13.7. The van der Waals surface area contributed by atoms with Gasteiger partial charge in [-0.2, -0.15) is 0 Å². The molecule has 0 fully saturated rings. The molecule has 0 bridgehead atoms. The largest absolute Gasteiger partial charge is 0.462 e. The Morgan fingerprint density at radius 1 is 0.444 bits per heavy atom. The molecule has 0 aliphatic heterocycles. The van der Waals surface area contributed by atoms with Gasteiger partial charge in [-0.3, -0.25) is 9.59 Å². The first-order valence-electron chi connectivity index (χ1n) is 20.1. The maximum absolute atomic E-state index is 12.5. The molecule has 1 N–H and O–H groups in total. The highest BCUT2D eigenvalue weighted by molar-refractivity contribution is 5.72. The molecule has 0 aromatic carbocycles. The molecule has 0 heterocycles. The van der Waals surface area contributed by atoms with Crippen molar-refractivity contribution in [2.24, 2.45) is 5.92 Å². The van der Waals surface area contributed by atoms with E-state index in [9.17, 15) is 14.7 Å². The van der Waals surface area contributed by atoms with Crippen LogP contribution >= 0.6 is 0 Å². The lowest BCUT2D eigenvalue weighted by molar-refractivity contribution is -0.155. The molecule has 0 saturated heterocycles. The molecule has 0 aliphatic carbocycles. The van der Waals surface area contributed by atoms with Crippen molar-refractivity contribution in [3.05, 3.63) is 0 Å². The molecule has 0 saturated carbocycles. The fourth-order valence-electron chi connectivity index (χ4n) is 6.25. The molecule has 268 valence electrons. The van der Waals surface area contributed by atoms with E-state index in [-0.39, 0.29) is 37.7 Å². The number of rotatable bonds is 37. The highest BCUT2D eigenvalue weighted by atomic mass is 16.6. The Hall–Kier alpha value is -1.10. The summed E-state index contributed by atoms with van der Waals surface area (Å²) in [6.07, 6.45) is 39.6. The Morgan fingerprint density at radius 2 is 0.778 bits per heavy atom. The third-order valence-corrected chi connectivity index (χ3v) is 9.29. The van der Waals surface area contributed by atoms with Gasteiger partial charge in [0.2, 0.25) is 0 Å². The van der Waals surface area contributed by atoms with Crippen LogP contribution in [0.15, 0.2) is 0 Å². The Bertz CT molecular complexity index is 607. The first-order valence-corrected chi connectivity index (χ1v) is 20.1. The topological polar surface area (TPSA) is 72.8 Å². The van der Waals surface area contributed by atoms with Crippen LogP contribution in [0, 0.1) is 5.92 Å². The predicted molar refractivity (Wildman–Crippen MR) is 192 cm³/mol. The van der Waals surface area contributed by atoms with E-state index < -0.39 is 0 Å². The number of aliphatic hydroxyl groups is 1. The number of carbonyl (C=O) groups excluding carboxylic acids is 2. The summed E-state index contributed by atoms with van der Waals surface area (Å²) >= 11 is 0. The summed E-state index contributed by atoms with van der Waals surface area (Å²) in [6.45, 7) is 4.76. The zero-order chi connectivity index (χ0) is 32.9. The van der Waals surface area contributed by atoms with Gasteiger partial charge >= 0.3 is 11.9 Å². The van der Waals surface area contributed by atoms with Gasteiger partial charge in [0.05, 0.1) is 5.92 Å². The van der Waals surface area contributed by atoms with Crippen LogP contribution in [-0.4, -0.2) is 36.9 Å². The molecule has 5 heteroatoms. The Balaban J connectivity index is 3.58. The second kappa shape index (κ2) is 37.4. The van der Waals surface area contributed by atoms with Crippen LogP contribution < -0.4 is 0 Å². The quantitative estimate of drug-likeness (QED) is 0.0541. The van der Waals surface area contributed by atoms with Crippen molar-refractivity contribution in [1.29, 1.82) is 0 Å². The van der Waals surface area contributed by atoms with Crippen molar-refractivity contribution < 1.29 is 24.2 Å². The summed E-state index contributed by atoms with van der Waals surface area (Å²) in [4.78, 5) is 24.5. The second-order valence-electron chi connectivity index (χ2n) is 13.7. The van der Waals surface area contributed by atoms with Gasteiger partial charge in [0, 0.05) is 13.0 Å². The van der Waals surface area contributed by atoms with Crippen LogP contribution in [0.3, 0.4) is 0 Å². The van der Waals surface area contributed by atoms with E-state index in [1.807, 2.05) is 0 Å². The lowest BCUT2D eigenvalue weighted by Crippen LogP contribution is -2.21. The fraction of sp³-hybridized carbons (Fsp3) is 0.950. The third-order valence-electron chi connectivity index (χ3n) is 9.29. The van der Waals surface area contributed by atoms with Crippen molar-refractivity contribution in [2.45, 2.75) is 219 Å². The van der Waals surface area contributed by atoms with Crippen LogP contribution in [0.2, 0.25) is 0 Å². The maximum atomic E-state index is 12.5. The molecular weight excluding hydrogens is 560 g/mol. The molecule has 0 amide bonds. The van der Waals surface area contributed by atoms with Crippen molar-refractivity contribution >= 4 is 11.9 Å². The van der Waals surface area contributed by atoms with E-state index in [1.54, 1.807) is 0 Å². The Morgan fingerprint density at radius 3 is 1.16 bits per heavy atom. The van der Waals surface area contributed by atoms with E-state index in [0.29, 0.717) is 12.8 Å². The lowest BCUT2D eigenvalue weighted by atomic mass is 9.97. The highest BCUT2D eigenvalue weighted by Crippen LogP contribution is 2.18. The lowest BCUT2D eigenvalue weighted by Gasteiger charge is -2.15. The van der Waals surface area contributed by atoms with E-state index >= 15 is 0 Å². The monoisotopic (exact) mass is 639 g/mol. The third kappa shape index (κ3) is 34.1. The molecule has 0 spiro atoms. The minimum absolute atomic E-state index is 0.00733. The molecule has 1 atom stereocenters. The van der Waals surface area contributed by atoms with Gasteiger partial charge in [0.1, 0.15) is 13.2 Å². The van der Waals surface area contributed by atoms with Gasteiger partial charge in [-0.15, -0.1) is 0 Å². The zero-order valence-corrected chi connectivity index (χ0v) is 30.4. The van der Waals surface area contributed by atoms with Crippen molar-refractivity contribution in [3.8, 4) is 0 Å². The van der Waals surface area contributed by atoms with E-state index in [0.717, 1.165) is 32.1 Å². The molecule has 0 aromatic rings. The van der Waals surface area contributed by atoms with Gasteiger partial charge in [-0.1, -0.05) is 194 Å². The molecule has 0 rings (SSSR count). The maximum Gasteiger partial charge on any atom is 0.309 e. The van der Waals surface area contributed by atoms with Crippen LogP contribution in [0.5, 0.6) is 0 Å². The van der Waals surface area contributed by atoms with Gasteiger partial charge in [0.25, 0.3) is 0 Å². The number of ether oxygens (including phenoxy) is 2. The van der Waals surface area contributed by atoms with E-state index in [2.05, 4.69) is 13.8 Å². The van der Waals surface area contributed by atoms with Crippen molar-refractivity contribution in [1.82, 2.24) is 0 Å². The summed E-state index contributed by atoms with van der Waals surface area (Å²) in [5, 5.41) is 9.40. The Labute approximate surface area is 280 Å². The van der Waals surface area contributed by atoms with E-state index in [4.69, 9.17) is 9.47 Å². The number of carbonyl (C=O) groups is 2. The minimum atomic E-state index is -0.266. The first-order chi connectivity index (χ1) is 22.2. The highest BCUT2D eigenvalue weighted by Gasteiger charge is 2.19. The summed E-state index contributed by atoms with van der Waals surface area (Å²) in [5.74, 6) is -0.726. The molecular formula is C40H78O5. The van der Waals surface area contributed by atoms with Crippen molar-refractivity contribution in [2.75, 3.05) is 19.8 Å². The normalized spacial score (nSPS) is 12.0. The number of esters is 2. The van der Waals surface area contributed by atoms with Crippen LogP contribution in [-0.2, 0) is 19.1 Å². The number of hydrogen-bond donors (Lipinski definition) is 1. The minimum Gasteiger partial charge on any atom is -0.462 e. The van der Waals surface area contributed by atoms with Crippen LogP contribution in [0.1, 0.15) is 219 Å². The molecule has 0 aromatic heterocycles. The SMILES string of the molecule is CCCCCCCCCCCCCCCCCC(=O)OCCOC(=O)C(CCO)CCCCCCCCCCCCCCCC. The van der Waals surface area contributed by atoms with Gasteiger partial charge in [-0.25, -0.2) is 0 Å². The van der Waals surface area contributed by atoms with Gasteiger partial charge in [0.15, 0.2) is 0 Å². The van der Waals surface area contributed by atoms with Crippen LogP contribution in [0.25, 0.3) is 0 Å². The molecule has 0 aliphatic rings. The average Bonchev–Trinajstić information content (AvgIpc) is 3.04. The number of aliphatic hydroxyl groups excluding tert-OH is 1. The summed E-state index contributed by atoms with van der Waals surface area (Å²) in [6, 6.07) is 0. The fourth-order valence-corrected chi connectivity index (χ4v) is 6.25. The summed E-state index contributed by atoms with van der Waals surface area (Å²) in [5.41, 5.74) is 0. The number of unbranched alkanes of at least 4 members (excludes halogenated alkanes) is 27. The van der Waals surface area contributed by atoms with Gasteiger partial charge < -0.3 is 14.6 Å².